The van der Waals surface area contributed by atoms with Gasteiger partial charge in [0.15, 0.2) is 5.58 Å². The van der Waals surface area contributed by atoms with Crippen LogP contribution in [0.1, 0.15) is 0 Å². The van der Waals surface area contributed by atoms with E-state index in [-0.39, 0.29) is 21.4 Å². The van der Waals surface area contributed by atoms with E-state index in [4.69, 9.17) is 13.9 Å². The molecule has 0 bridgehead atoms. The lowest BCUT2D eigenvalue weighted by Crippen LogP contribution is -2.14. The molecule has 4 aromatic carbocycles. The second kappa shape index (κ2) is 10.8. The summed E-state index contributed by atoms with van der Waals surface area (Å²) in [5, 5.41) is 0. The number of ether oxygens (including phenoxy) is 2. The van der Waals surface area contributed by atoms with E-state index in [1.165, 1.54) is 32.4 Å². The normalized spacial score (nSPS) is 11.8. The first-order valence-corrected chi connectivity index (χ1v) is 15.4. The molecule has 0 saturated heterocycles. The molecule has 0 aliphatic heterocycles. The van der Waals surface area contributed by atoms with Gasteiger partial charge < -0.3 is 13.9 Å². The Morgan fingerprint density at radius 2 is 1.43 bits per heavy atom. The topological polar surface area (TPSA) is 137 Å². The lowest BCUT2D eigenvalue weighted by atomic mass is 10.2. The largest absolute Gasteiger partial charge is 0.497 e. The summed E-state index contributed by atoms with van der Waals surface area (Å²) in [6, 6.07) is 22.0. The zero-order chi connectivity index (χ0) is 28.5. The molecular weight excluding hydrogens is 622 g/mol. The van der Waals surface area contributed by atoms with Gasteiger partial charge in [-0.1, -0.05) is 15.9 Å². The Hall–Kier alpha value is -4.07. The van der Waals surface area contributed by atoms with Gasteiger partial charge in [0.05, 0.1) is 24.8 Å². The van der Waals surface area contributed by atoms with E-state index >= 15 is 0 Å². The number of nitrogens with zero attached hydrogens (tertiary/aromatic N) is 1. The second-order valence-corrected chi connectivity index (χ2v) is 12.7. The highest BCUT2D eigenvalue weighted by atomic mass is 79.9. The number of benzene rings is 4. The average Bonchev–Trinajstić information content (AvgIpc) is 3.36. The van der Waals surface area contributed by atoms with Crippen LogP contribution in [0.25, 0.3) is 22.6 Å². The van der Waals surface area contributed by atoms with Gasteiger partial charge in [0.25, 0.3) is 20.0 Å². The number of aromatic nitrogens is 1. The van der Waals surface area contributed by atoms with Crippen molar-refractivity contribution in [2.45, 2.75) is 9.79 Å². The van der Waals surface area contributed by atoms with E-state index in [0.29, 0.717) is 38.3 Å². The van der Waals surface area contributed by atoms with E-state index in [2.05, 4.69) is 30.4 Å². The van der Waals surface area contributed by atoms with Gasteiger partial charge in [0.2, 0.25) is 5.89 Å². The summed E-state index contributed by atoms with van der Waals surface area (Å²) in [5.74, 6) is 1.04. The molecule has 206 valence electrons. The molecule has 0 aliphatic rings. The molecule has 0 spiro atoms. The highest BCUT2D eigenvalue weighted by Gasteiger charge is 2.21. The maximum absolute atomic E-state index is 13.0. The summed E-state index contributed by atoms with van der Waals surface area (Å²) in [6.45, 7) is 0. The zero-order valence-electron chi connectivity index (χ0n) is 21.1. The highest BCUT2D eigenvalue weighted by Crippen LogP contribution is 2.31. The zero-order valence-corrected chi connectivity index (χ0v) is 24.3. The lowest BCUT2D eigenvalue weighted by Gasteiger charge is -2.12. The third kappa shape index (κ3) is 5.76. The van der Waals surface area contributed by atoms with Crippen LogP contribution in [-0.2, 0) is 20.0 Å². The third-order valence-electron chi connectivity index (χ3n) is 5.81. The molecule has 5 aromatic rings. The minimum atomic E-state index is -3.93. The van der Waals surface area contributed by atoms with Crippen LogP contribution in [0.4, 0.5) is 11.4 Å². The number of halogens is 1. The van der Waals surface area contributed by atoms with Crippen molar-refractivity contribution in [1.82, 2.24) is 4.98 Å². The number of oxazole rings is 1. The fraction of sp³-hybridized carbons (Fsp3) is 0.0741. The standard InChI is InChI=1S/C27H22BrN3O7S2/c1-36-21-9-11-22(12-10-21)39(32,33)31-20-8-14-24-23(16-20)29-27(38-24)17-3-6-19(7-4-17)30-40(34,35)26-15-18(28)5-13-25(26)37-2/h3-16,30-31H,1-2H3. The van der Waals surface area contributed by atoms with E-state index in [0.717, 1.165) is 0 Å². The number of fused-ring (bicyclic) bond motifs is 1. The molecule has 0 radical (unpaired) electrons. The summed E-state index contributed by atoms with van der Waals surface area (Å²) in [4.78, 5) is 4.55. The van der Waals surface area contributed by atoms with Crippen molar-refractivity contribution in [3.8, 4) is 23.0 Å². The van der Waals surface area contributed by atoms with Crippen LogP contribution < -0.4 is 18.9 Å². The quantitative estimate of drug-likeness (QED) is 0.203. The van der Waals surface area contributed by atoms with E-state index < -0.39 is 20.0 Å². The minimum Gasteiger partial charge on any atom is -0.497 e. The van der Waals surface area contributed by atoms with Gasteiger partial charge in [0, 0.05) is 15.7 Å². The van der Waals surface area contributed by atoms with Crippen molar-refractivity contribution in [3.63, 3.8) is 0 Å². The number of sulfonamides is 2. The SMILES string of the molecule is COc1ccc(S(=O)(=O)Nc2ccc3oc(-c4ccc(NS(=O)(=O)c5cc(Br)ccc5OC)cc4)nc3c2)cc1. The van der Waals surface area contributed by atoms with Crippen molar-refractivity contribution in [1.29, 1.82) is 0 Å². The van der Waals surface area contributed by atoms with Crippen LogP contribution in [0.2, 0.25) is 0 Å². The molecule has 0 aliphatic carbocycles. The lowest BCUT2D eigenvalue weighted by molar-refractivity contribution is 0.403. The summed E-state index contributed by atoms with van der Waals surface area (Å²) >= 11 is 3.28. The number of methoxy groups -OCH3 is 2. The number of hydrogen-bond acceptors (Lipinski definition) is 8. The van der Waals surface area contributed by atoms with E-state index in [9.17, 15) is 16.8 Å². The van der Waals surface area contributed by atoms with Gasteiger partial charge in [-0.25, -0.2) is 21.8 Å². The first-order valence-electron chi connectivity index (χ1n) is 11.6. The van der Waals surface area contributed by atoms with Crippen molar-refractivity contribution < 1.29 is 30.7 Å². The number of hydrogen-bond donors (Lipinski definition) is 2. The molecule has 0 amide bonds. The van der Waals surface area contributed by atoms with Gasteiger partial charge in [-0.3, -0.25) is 9.44 Å². The van der Waals surface area contributed by atoms with Crippen LogP contribution in [0.5, 0.6) is 11.5 Å². The van der Waals surface area contributed by atoms with Gasteiger partial charge >= 0.3 is 0 Å². The Morgan fingerprint density at radius 1 is 0.750 bits per heavy atom. The monoisotopic (exact) mass is 643 g/mol. The molecule has 0 atom stereocenters. The van der Waals surface area contributed by atoms with Crippen LogP contribution in [-0.4, -0.2) is 36.0 Å². The van der Waals surface area contributed by atoms with Gasteiger partial charge in [-0.2, -0.15) is 0 Å². The van der Waals surface area contributed by atoms with Crippen LogP contribution >= 0.6 is 15.9 Å². The van der Waals surface area contributed by atoms with Crippen LogP contribution in [0.3, 0.4) is 0 Å². The average molecular weight is 645 g/mol. The molecule has 5 rings (SSSR count). The molecule has 2 N–H and O–H groups in total. The smallest absolute Gasteiger partial charge is 0.265 e. The summed E-state index contributed by atoms with van der Waals surface area (Å²) in [7, 11) is -4.86. The predicted octanol–water partition coefficient (Wildman–Crippen LogP) is 5.88. The Morgan fingerprint density at radius 3 is 2.10 bits per heavy atom. The Bertz CT molecular complexity index is 1910. The predicted molar refractivity (Wildman–Crippen MR) is 155 cm³/mol. The third-order valence-corrected chi connectivity index (χ3v) is 9.10. The first-order chi connectivity index (χ1) is 19.1. The van der Waals surface area contributed by atoms with E-state index in [1.807, 2.05) is 0 Å². The van der Waals surface area contributed by atoms with E-state index in [1.54, 1.807) is 66.7 Å². The van der Waals surface area contributed by atoms with Crippen molar-refractivity contribution in [2.75, 3.05) is 23.7 Å². The van der Waals surface area contributed by atoms with Gasteiger partial charge in [-0.15, -0.1) is 0 Å². The fourth-order valence-corrected chi connectivity index (χ4v) is 6.65. The molecular formula is C27H22BrN3O7S2. The maximum atomic E-state index is 13.0. The molecule has 10 nitrogen and oxygen atoms in total. The molecule has 40 heavy (non-hydrogen) atoms. The molecule has 0 fully saturated rings. The number of nitrogens with one attached hydrogen (secondary N) is 2. The van der Waals surface area contributed by atoms with Crippen LogP contribution in [0, 0.1) is 0 Å². The molecule has 1 heterocycles. The van der Waals surface area contributed by atoms with Crippen molar-refractivity contribution in [3.05, 3.63) is 89.4 Å². The fourth-order valence-electron chi connectivity index (χ4n) is 3.83. The number of anilines is 2. The maximum Gasteiger partial charge on any atom is 0.265 e. The molecule has 0 saturated carbocycles. The molecule has 1 aromatic heterocycles. The minimum absolute atomic E-state index is 0.00850. The van der Waals surface area contributed by atoms with Crippen molar-refractivity contribution >= 4 is 58.5 Å². The second-order valence-electron chi connectivity index (χ2n) is 8.46. The van der Waals surface area contributed by atoms with Crippen LogP contribution in [0.15, 0.2) is 104 Å². The molecule has 13 heteroatoms. The summed E-state index contributed by atoms with van der Waals surface area (Å²) < 4.78 is 73.3. The van der Waals surface area contributed by atoms with Gasteiger partial charge in [0.1, 0.15) is 21.9 Å². The van der Waals surface area contributed by atoms with Crippen molar-refractivity contribution in [2.24, 2.45) is 0 Å². The summed E-state index contributed by atoms with van der Waals surface area (Å²) in [5.41, 5.74) is 2.14. The van der Waals surface area contributed by atoms with Gasteiger partial charge in [-0.05, 0) is 84.9 Å². The Kier molecular flexibility index (Phi) is 7.45. The Labute approximate surface area is 239 Å². The first kappa shape index (κ1) is 27.5. The summed E-state index contributed by atoms with van der Waals surface area (Å²) in [6.07, 6.45) is 0. The molecule has 0 unspecified atom stereocenters. The number of rotatable bonds is 9. The Balaban J connectivity index is 1.35. The highest BCUT2D eigenvalue weighted by molar-refractivity contribution is 9.10.